The first-order valence-electron chi connectivity index (χ1n) is 11.6. The van der Waals surface area contributed by atoms with Gasteiger partial charge in [0, 0.05) is 18.7 Å². The zero-order valence-electron chi connectivity index (χ0n) is 20.5. The van der Waals surface area contributed by atoms with Gasteiger partial charge in [-0.3, -0.25) is 19.4 Å². The number of nitrogens with one attached hydrogen (secondary N) is 3. The van der Waals surface area contributed by atoms with Gasteiger partial charge in [0.25, 0.3) is 0 Å². The molecule has 4 unspecified atom stereocenters. The SMILES string of the molecule is CC(C)C(N)C(=O)NC(CCCN=C(N)N)C(=O)NC(CS)C(=O)NC(Cc1ccccc1)C(=O)O. The van der Waals surface area contributed by atoms with Crippen molar-refractivity contribution in [2.24, 2.45) is 28.1 Å². The molecule has 0 aliphatic rings. The Morgan fingerprint density at radius 3 is 2.03 bits per heavy atom. The first-order chi connectivity index (χ1) is 17.0. The summed E-state index contributed by atoms with van der Waals surface area (Å²) in [6.45, 7) is 3.77. The highest BCUT2D eigenvalue weighted by atomic mass is 32.1. The average molecular weight is 524 g/mol. The van der Waals surface area contributed by atoms with Crippen LogP contribution in [0.5, 0.6) is 0 Å². The maximum Gasteiger partial charge on any atom is 0.326 e. The number of carbonyl (C=O) groups excluding carboxylic acids is 3. The van der Waals surface area contributed by atoms with Crippen molar-refractivity contribution in [2.45, 2.75) is 57.3 Å². The third-order valence-electron chi connectivity index (χ3n) is 5.31. The molecule has 0 heterocycles. The van der Waals surface area contributed by atoms with Gasteiger partial charge < -0.3 is 38.3 Å². The predicted molar refractivity (Wildman–Crippen MR) is 140 cm³/mol. The molecule has 4 atom stereocenters. The Bertz CT molecular complexity index is 909. The van der Waals surface area contributed by atoms with Crippen molar-refractivity contribution in [2.75, 3.05) is 12.3 Å². The van der Waals surface area contributed by atoms with Gasteiger partial charge in [-0.25, -0.2) is 4.79 Å². The Morgan fingerprint density at radius 2 is 1.50 bits per heavy atom. The lowest BCUT2D eigenvalue weighted by atomic mass is 10.0. The van der Waals surface area contributed by atoms with E-state index in [2.05, 4.69) is 33.6 Å². The number of guanidine groups is 1. The smallest absolute Gasteiger partial charge is 0.326 e. The van der Waals surface area contributed by atoms with Crippen molar-refractivity contribution in [1.29, 1.82) is 0 Å². The molecule has 0 bridgehead atoms. The minimum Gasteiger partial charge on any atom is -0.480 e. The van der Waals surface area contributed by atoms with Crippen LogP contribution < -0.4 is 33.2 Å². The molecule has 0 saturated carbocycles. The summed E-state index contributed by atoms with van der Waals surface area (Å²) in [5, 5.41) is 17.1. The van der Waals surface area contributed by atoms with E-state index in [9.17, 15) is 24.3 Å². The molecular weight excluding hydrogens is 486 g/mol. The Kier molecular flexibility index (Phi) is 13.3. The molecule has 0 fully saturated rings. The molecule has 3 amide bonds. The average Bonchev–Trinajstić information content (AvgIpc) is 2.83. The molecule has 0 saturated heterocycles. The van der Waals surface area contributed by atoms with E-state index in [0.717, 1.165) is 5.56 Å². The van der Waals surface area contributed by atoms with Crippen LogP contribution in [0, 0.1) is 5.92 Å². The van der Waals surface area contributed by atoms with Crippen molar-refractivity contribution in [1.82, 2.24) is 16.0 Å². The van der Waals surface area contributed by atoms with Gasteiger partial charge >= 0.3 is 5.97 Å². The van der Waals surface area contributed by atoms with Crippen molar-refractivity contribution >= 4 is 42.3 Å². The quantitative estimate of drug-likeness (QED) is 0.0599. The van der Waals surface area contributed by atoms with E-state index in [-0.39, 0.29) is 37.0 Å². The second-order valence-electron chi connectivity index (χ2n) is 8.61. The topological polar surface area (TPSA) is 215 Å². The number of hydrogen-bond donors (Lipinski definition) is 8. The normalized spacial score (nSPS) is 14.1. The second-order valence-corrected chi connectivity index (χ2v) is 8.98. The van der Waals surface area contributed by atoms with Gasteiger partial charge in [0.1, 0.15) is 18.1 Å². The van der Waals surface area contributed by atoms with Crippen LogP contribution in [0.25, 0.3) is 0 Å². The number of aliphatic carboxylic acids is 1. The molecule has 200 valence electrons. The molecule has 1 rings (SSSR count). The minimum atomic E-state index is -1.22. The van der Waals surface area contributed by atoms with Crippen LogP contribution in [-0.4, -0.2) is 71.2 Å². The number of rotatable bonds is 15. The fourth-order valence-corrected chi connectivity index (χ4v) is 3.39. The van der Waals surface area contributed by atoms with Gasteiger partial charge in [0.2, 0.25) is 17.7 Å². The minimum absolute atomic E-state index is 0.0612. The molecule has 1 aromatic carbocycles. The Hall–Kier alpha value is -3.32. The molecule has 0 aliphatic heterocycles. The summed E-state index contributed by atoms with van der Waals surface area (Å²) in [4.78, 5) is 53.8. The zero-order chi connectivity index (χ0) is 27.3. The summed E-state index contributed by atoms with van der Waals surface area (Å²) >= 11 is 4.13. The van der Waals surface area contributed by atoms with Crippen LogP contribution in [0.3, 0.4) is 0 Å². The monoisotopic (exact) mass is 523 g/mol. The summed E-state index contributed by atoms with van der Waals surface area (Å²) in [6, 6.07) is 4.61. The molecule has 0 aromatic heterocycles. The van der Waals surface area contributed by atoms with Gasteiger partial charge in [0.15, 0.2) is 5.96 Å². The lowest BCUT2D eigenvalue weighted by Gasteiger charge is -2.25. The van der Waals surface area contributed by atoms with Crippen LogP contribution in [0.15, 0.2) is 35.3 Å². The van der Waals surface area contributed by atoms with Crippen molar-refractivity contribution in [3.8, 4) is 0 Å². The molecule has 36 heavy (non-hydrogen) atoms. The van der Waals surface area contributed by atoms with Crippen LogP contribution in [0.2, 0.25) is 0 Å². The van der Waals surface area contributed by atoms with Gasteiger partial charge in [-0.1, -0.05) is 44.2 Å². The largest absolute Gasteiger partial charge is 0.480 e. The van der Waals surface area contributed by atoms with E-state index in [1.165, 1.54) is 0 Å². The summed E-state index contributed by atoms with van der Waals surface area (Å²) in [7, 11) is 0. The second kappa shape index (κ2) is 15.6. The first kappa shape index (κ1) is 30.7. The highest BCUT2D eigenvalue weighted by molar-refractivity contribution is 7.80. The number of nitrogens with zero attached hydrogens (tertiary/aromatic N) is 1. The Morgan fingerprint density at radius 1 is 0.944 bits per heavy atom. The fraction of sp³-hybridized carbons (Fsp3) is 0.522. The van der Waals surface area contributed by atoms with Gasteiger partial charge in [0.05, 0.1) is 6.04 Å². The maximum absolute atomic E-state index is 13.0. The van der Waals surface area contributed by atoms with Crippen molar-refractivity contribution in [3.05, 3.63) is 35.9 Å². The van der Waals surface area contributed by atoms with Gasteiger partial charge in [-0.05, 0) is 24.3 Å². The van der Waals surface area contributed by atoms with Crippen molar-refractivity contribution in [3.63, 3.8) is 0 Å². The van der Waals surface area contributed by atoms with Crippen LogP contribution in [-0.2, 0) is 25.6 Å². The number of hydrogen-bond acceptors (Lipinski definition) is 7. The van der Waals surface area contributed by atoms with Gasteiger partial charge in [-0.15, -0.1) is 0 Å². The number of nitrogens with two attached hydrogens (primary N) is 3. The summed E-state index contributed by atoms with van der Waals surface area (Å²) in [5.41, 5.74) is 17.3. The number of thiol groups is 1. The molecule has 10 N–H and O–H groups in total. The number of benzene rings is 1. The summed E-state index contributed by atoms with van der Waals surface area (Å²) < 4.78 is 0. The van der Waals surface area contributed by atoms with E-state index >= 15 is 0 Å². The first-order valence-corrected chi connectivity index (χ1v) is 12.2. The number of carboxylic acids is 1. The van der Waals surface area contributed by atoms with Gasteiger partial charge in [-0.2, -0.15) is 12.6 Å². The lowest BCUT2D eigenvalue weighted by Crippen LogP contribution is -2.58. The van der Waals surface area contributed by atoms with Crippen LogP contribution >= 0.6 is 12.6 Å². The van der Waals surface area contributed by atoms with Crippen LogP contribution in [0.1, 0.15) is 32.3 Å². The standard InChI is InChI=1S/C23H37N7O5S/c1-13(2)18(24)21(33)28-15(9-6-10-27-23(25)26)19(31)30-17(12-36)20(32)29-16(22(34)35)11-14-7-4-3-5-8-14/h3-5,7-8,13,15-18,36H,6,9-12,24H2,1-2H3,(H,28,33)(H,29,32)(H,30,31)(H,34,35)(H4,25,26,27). The Labute approximate surface area is 216 Å². The number of carbonyl (C=O) groups is 4. The Balaban J connectivity index is 2.90. The summed E-state index contributed by atoms with van der Waals surface area (Å²) in [5.74, 6) is -3.47. The molecule has 0 spiro atoms. The third-order valence-corrected chi connectivity index (χ3v) is 5.68. The van der Waals surface area contributed by atoms with Crippen LogP contribution in [0.4, 0.5) is 0 Å². The van der Waals surface area contributed by atoms with E-state index < -0.39 is 47.9 Å². The molecule has 12 nitrogen and oxygen atoms in total. The zero-order valence-corrected chi connectivity index (χ0v) is 21.4. The number of amides is 3. The van der Waals surface area contributed by atoms with E-state index in [1.807, 2.05) is 0 Å². The van der Waals surface area contributed by atoms with E-state index in [1.54, 1.807) is 44.2 Å². The molecule has 13 heteroatoms. The molecule has 0 radical (unpaired) electrons. The number of carboxylic acid groups (broad SMARTS) is 1. The third kappa shape index (κ3) is 11.0. The highest BCUT2D eigenvalue weighted by Crippen LogP contribution is 2.06. The van der Waals surface area contributed by atoms with E-state index in [0.29, 0.717) is 6.42 Å². The molecule has 1 aromatic rings. The highest BCUT2D eigenvalue weighted by Gasteiger charge is 2.30. The molecule has 0 aliphatic carbocycles. The lowest BCUT2D eigenvalue weighted by molar-refractivity contribution is -0.142. The van der Waals surface area contributed by atoms with E-state index in [4.69, 9.17) is 17.2 Å². The fourth-order valence-electron chi connectivity index (χ4n) is 3.13. The summed E-state index contributed by atoms with van der Waals surface area (Å²) in [6.07, 6.45) is 0.598. The number of aliphatic imine (C=N–C) groups is 1. The maximum atomic E-state index is 13.0. The molecular formula is C23H37N7O5S. The van der Waals surface area contributed by atoms with Crippen molar-refractivity contribution < 1.29 is 24.3 Å². The predicted octanol–water partition coefficient (Wildman–Crippen LogP) is -1.27.